The largest absolute Gasteiger partial charge is 0.461 e. The molecule has 0 spiro atoms. The van der Waals surface area contributed by atoms with Gasteiger partial charge in [0.25, 0.3) is 0 Å². The Hall–Kier alpha value is -1.91. The molecule has 0 bridgehead atoms. The minimum absolute atomic E-state index is 0.122. The number of esters is 2. The van der Waals surface area contributed by atoms with Gasteiger partial charge in [-0.05, 0) is 32.4 Å². The van der Waals surface area contributed by atoms with E-state index in [0.29, 0.717) is 6.61 Å². The number of carbonyl (C=O) groups is 2. The summed E-state index contributed by atoms with van der Waals surface area (Å²) in [6.07, 6.45) is 10.7. The van der Waals surface area contributed by atoms with Crippen molar-refractivity contribution in [3.05, 3.63) is 29.6 Å². The Kier molecular flexibility index (Phi) is 11.3. The van der Waals surface area contributed by atoms with E-state index in [1.165, 1.54) is 51.0 Å². The molecule has 5 heteroatoms. The highest BCUT2D eigenvalue weighted by Gasteiger charge is 2.15. The third kappa shape index (κ3) is 9.54. The summed E-state index contributed by atoms with van der Waals surface area (Å²) < 4.78 is 10.3. The smallest absolute Gasteiger partial charge is 0.357 e. The fraction of sp³-hybridized carbons (Fsp3) is 0.667. The third-order valence-electron chi connectivity index (χ3n) is 3.99. The molecule has 0 N–H and O–H groups in total. The van der Waals surface area contributed by atoms with E-state index in [1.807, 2.05) is 0 Å². The van der Waals surface area contributed by atoms with Crippen LogP contribution < -0.4 is 0 Å². The van der Waals surface area contributed by atoms with Gasteiger partial charge < -0.3 is 9.47 Å². The standard InChI is InChI=1S/C21H33NO4/c1-4-5-6-7-8-9-10-11-12-16-25-20(23)18-14-13-15-19(22-18)21(24)26-17(2)3/h13-15,17H,4-12,16H2,1-3H3. The molecular weight excluding hydrogens is 330 g/mol. The second-order valence-corrected chi connectivity index (χ2v) is 6.83. The second kappa shape index (κ2) is 13.3. The van der Waals surface area contributed by atoms with Crippen LogP contribution in [0.15, 0.2) is 18.2 Å². The number of hydrogen-bond acceptors (Lipinski definition) is 5. The number of pyridine rings is 1. The van der Waals surface area contributed by atoms with Gasteiger partial charge in [-0.2, -0.15) is 0 Å². The van der Waals surface area contributed by atoms with E-state index in [-0.39, 0.29) is 17.5 Å². The molecular formula is C21H33NO4. The van der Waals surface area contributed by atoms with Gasteiger partial charge in [0.2, 0.25) is 0 Å². The Morgan fingerprint density at radius 3 is 2.00 bits per heavy atom. The average molecular weight is 363 g/mol. The number of carbonyl (C=O) groups excluding carboxylic acids is 2. The Morgan fingerprint density at radius 2 is 1.42 bits per heavy atom. The van der Waals surface area contributed by atoms with Gasteiger partial charge in [-0.1, -0.05) is 64.4 Å². The average Bonchev–Trinajstić information content (AvgIpc) is 2.62. The van der Waals surface area contributed by atoms with E-state index >= 15 is 0 Å². The first kappa shape index (κ1) is 22.1. The predicted octanol–water partition coefficient (Wildman–Crippen LogP) is 5.33. The molecule has 0 amide bonds. The number of unbranched alkanes of at least 4 members (excludes halogenated alkanes) is 8. The van der Waals surface area contributed by atoms with Gasteiger partial charge in [0.05, 0.1) is 12.7 Å². The molecule has 5 nitrogen and oxygen atoms in total. The zero-order chi connectivity index (χ0) is 19.2. The molecule has 0 saturated heterocycles. The van der Waals surface area contributed by atoms with Gasteiger partial charge in [-0.15, -0.1) is 0 Å². The molecule has 0 saturated carbocycles. The van der Waals surface area contributed by atoms with Gasteiger partial charge in [-0.25, -0.2) is 14.6 Å². The molecule has 0 aliphatic heterocycles. The predicted molar refractivity (Wildman–Crippen MR) is 102 cm³/mol. The number of aromatic nitrogens is 1. The van der Waals surface area contributed by atoms with Crippen molar-refractivity contribution in [2.45, 2.75) is 84.7 Å². The summed E-state index contributed by atoms with van der Waals surface area (Å²) in [5.41, 5.74) is 0.260. The topological polar surface area (TPSA) is 65.5 Å². The monoisotopic (exact) mass is 363 g/mol. The summed E-state index contributed by atoms with van der Waals surface area (Å²) in [7, 11) is 0. The van der Waals surface area contributed by atoms with Crippen LogP contribution in [0.1, 0.15) is 99.5 Å². The minimum atomic E-state index is -0.534. The molecule has 0 unspecified atom stereocenters. The fourth-order valence-corrected chi connectivity index (χ4v) is 2.59. The van der Waals surface area contributed by atoms with Crippen molar-refractivity contribution in [1.29, 1.82) is 0 Å². The second-order valence-electron chi connectivity index (χ2n) is 6.83. The summed E-state index contributed by atoms with van der Waals surface area (Å²) in [4.78, 5) is 27.9. The molecule has 1 aromatic heterocycles. The van der Waals surface area contributed by atoms with Crippen LogP contribution >= 0.6 is 0 Å². The molecule has 0 atom stereocenters. The number of hydrogen-bond donors (Lipinski definition) is 0. The van der Waals surface area contributed by atoms with Gasteiger partial charge in [0, 0.05) is 0 Å². The first-order valence-corrected chi connectivity index (χ1v) is 9.89. The van der Waals surface area contributed by atoms with Gasteiger partial charge >= 0.3 is 11.9 Å². The zero-order valence-electron chi connectivity index (χ0n) is 16.5. The molecule has 0 fully saturated rings. The summed E-state index contributed by atoms with van der Waals surface area (Å²) in [6.45, 7) is 6.14. The quantitative estimate of drug-likeness (QED) is 0.350. The first-order chi connectivity index (χ1) is 12.5. The minimum Gasteiger partial charge on any atom is -0.461 e. The Bertz CT molecular complexity index is 543. The SMILES string of the molecule is CCCCCCCCCCCOC(=O)c1cccc(C(=O)OC(C)C)n1. The summed E-state index contributed by atoms with van der Waals surface area (Å²) >= 11 is 0. The fourth-order valence-electron chi connectivity index (χ4n) is 2.59. The van der Waals surface area contributed by atoms with Gasteiger partial charge in [0.15, 0.2) is 0 Å². The lowest BCUT2D eigenvalue weighted by molar-refractivity contribution is 0.0370. The van der Waals surface area contributed by atoms with Crippen LogP contribution in [0.5, 0.6) is 0 Å². The van der Waals surface area contributed by atoms with Crippen molar-refractivity contribution in [2.75, 3.05) is 6.61 Å². The normalized spacial score (nSPS) is 10.8. The van der Waals surface area contributed by atoms with E-state index < -0.39 is 11.9 Å². The third-order valence-corrected chi connectivity index (χ3v) is 3.99. The van der Waals surface area contributed by atoms with Crippen LogP contribution in [-0.4, -0.2) is 29.6 Å². The number of rotatable bonds is 13. The maximum Gasteiger partial charge on any atom is 0.357 e. The van der Waals surface area contributed by atoms with Gasteiger partial charge in [0.1, 0.15) is 11.4 Å². The summed E-state index contributed by atoms with van der Waals surface area (Å²) in [6, 6.07) is 4.69. The van der Waals surface area contributed by atoms with E-state index in [2.05, 4.69) is 11.9 Å². The van der Waals surface area contributed by atoms with Crippen LogP contribution in [0.2, 0.25) is 0 Å². The molecule has 1 rings (SSSR count). The molecule has 0 aromatic carbocycles. The van der Waals surface area contributed by atoms with E-state index in [9.17, 15) is 9.59 Å². The highest BCUT2D eigenvalue weighted by atomic mass is 16.5. The number of ether oxygens (including phenoxy) is 2. The Labute approximate surface area is 157 Å². The maximum atomic E-state index is 12.0. The lowest BCUT2D eigenvalue weighted by Crippen LogP contribution is -2.15. The molecule has 0 aliphatic carbocycles. The maximum absolute atomic E-state index is 12.0. The summed E-state index contributed by atoms with van der Waals surface area (Å²) in [5, 5.41) is 0. The lowest BCUT2D eigenvalue weighted by atomic mass is 10.1. The van der Waals surface area contributed by atoms with Crippen LogP contribution in [0.25, 0.3) is 0 Å². The van der Waals surface area contributed by atoms with E-state index in [0.717, 1.165) is 12.8 Å². The molecule has 1 aromatic rings. The van der Waals surface area contributed by atoms with E-state index in [4.69, 9.17) is 9.47 Å². The molecule has 0 radical (unpaired) electrons. The van der Waals surface area contributed by atoms with Crippen molar-refractivity contribution >= 4 is 11.9 Å². The number of nitrogens with zero attached hydrogens (tertiary/aromatic N) is 1. The van der Waals surface area contributed by atoms with Crippen LogP contribution in [0.3, 0.4) is 0 Å². The summed E-state index contributed by atoms with van der Waals surface area (Å²) in [5.74, 6) is -1.03. The highest BCUT2D eigenvalue weighted by Crippen LogP contribution is 2.10. The highest BCUT2D eigenvalue weighted by molar-refractivity contribution is 5.91. The van der Waals surface area contributed by atoms with Crippen molar-refractivity contribution in [2.24, 2.45) is 0 Å². The first-order valence-electron chi connectivity index (χ1n) is 9.89. The van der Waals surface area contributed by atoms with E-state index in [1.54, 1.807) is 26.0 Å². The van der Waals surface area contributed by atoms with Crippen molar-refractivity contribution in [3.8, 4) is 0 Å². The van der Waals surface area contributed by atoms with Crippen LogP contribution in [0.4, 0.5) is 0 Å². The zero-order valence-corrected chi connectivity index (χ0v) is 16.5. The van der Waals surface area contributed by atoms with Crippen LogP contribution in [0, 0.1) is 0 Å². The molecule has 0 aliphatic rings. The van der Waals surface area contributed by atoms with Crippen LogP contribution in [-0.2, 0) is 9.47 Å². The lowest BCUT2D eigenvalue weighted by Gasteiger charge is -2.08. The molecule has 1 heterocycles. The van der Waals surface area contributed by atoms with Crippen molar-refractivity contribution < 1.29 is 19.1 Å². The molecule has 146 valence electrons. The van der Waals surface area contributed by atoms with Crippen molar-refractivity contribution in [1.82, 2.24) is 4.98 Å². The molecule has 26 heavy (non-hydrogen) atoms. The van der Waals surface area contributed by atoms with Gasteiger partial charge in [-0.3, -0.25) is 0 Å². The Balaban J connectivity index is 2.22. The van der Waals surface area contributed by atoms with Crippen molar-refractivity contribution in [3.63, 3.8) is 0 Å². The Morgan fingerprint density at radius 1 is 0.885 bits per heavy atom.